The van der Waals surface area contributed by atoms with Crippen molar-refractivity contribution in [2.45, 2.75) is 47.1 Å². The SMILES string of the molecule is CC(C)CNCc1ccc(Cl)cc1N1CCCC(C)(C)C1. The fraction of sp³-hybridized carbons (Fsp3) is 0.667. The third-order valence-corrected chi connectivity index (χ3v) is 4.39. The summed E-state index contributed by atoms with van der Waals surface area (Å²) in [6.45, 7) is 13.4. The van der Waals surface area contributed by atoms with Gasteiger partial charge in [0.15, 0.2) is 0 Å². The molecule has 1 aliphatic rings. The maximum atomic E-state index is 6.24. The van der Waals surface area contributed by atoms with Crippen molar-refractivity contribution in [1.82, 2.24) is 5.32 Å². The lowest BCUT2D eigenvalue weighted by atomic mass is 9.84. The predicted molar refractivity (Wildman–Crippen MR) is 93.2 cm³/mol. The van der Waals surface area contributed by atoms with Gasteiger partial charge in [0.05, 0.1) is 0 Å². The van der Waals surface area contributed by atoms with Crippen LogP contribution in [0.2, 0.25) is 5.02 Å². The normalized spacial score (nSPS) is 18.3. The Labute approximate surface area is 134 Å². The molecule has 0 amide bonds. The van der Waals surface area contributed by atoms with Crippen LogP contribution in [-0.2, 0) is 6.54 Å². The van der Waals surface area contributed by atoms with Gasteiger partial charge in [-0.05, 0) is 48.4 Å². The van der Waals surface area contributed by atoms with Crippen LogP contribution >= 0.6 is 11.6 Å². The summed E-state index contributed by atoms with van der Waals surface area (Å²) < 4.78 is 0. The molecule has 118 valence electrons. The molecule has 3 heteroatoms. The van der Waals surface area contributed by atoms with Crippen molar-refractivity contribution >= 4 is 17.3 Å². The number of nitrogens with one attached hydrogen (secondary N) is 1. The maximum absolute atomic E-state index is 6.24. The number of rotatable bonds is 5. The van der Waals surface area contributed by atoms with Gasteiger partial charge in [-0.1, -0.05) is 45.4 Å². The van der Waals surface area contributed by atoms with E-state index in [9.17, 15) is 0 Å². The minimum absolute atomic E-state index is 0.392. The molecule has 1 aliphatic heterocycles. The Morgan fingerprint density at radius 3 is 2.76 bits per heavy atom. The maximum Gasteiger partial charge on any atom is 0.0426 e. The Balaban J connectivity index is 2.14. The van der Waals surface area contributed by atoms with Gasteiger partial charge in [-0.25, -0.2) is 0 Å². The summed E-state index contributed by atoms with van der Waals surface area (Å²) in [6, 6.07) is 6.31. The topological polar surface area (TPSA) is 15.3 Å². The van der Waals surface area contributed by atoms with Crippen molar-refractivity contribution in [1.29, 1.82) is 0 Å². The second-order valence-electron chi connectivity index (χ2n) is 7.49. The predicted octanol–water partition coefficient (Wildman–Crippen LogP) is 4.71. The highest BCUT2D eigenvalue weighted by atomic mass is 35.5. The van der Waals surface area contributed by atoms with Crippen molar-refractivity contribution in [3.8, 4) is 0 Å². The zero-order chi connectivity index (χ0) is 15.5. The van der Waals surface area contributed by atoms with Gasteiger partial charge in [-0.3, -0.25) is 0 Å². The lowest BCUT2D eigenvalue weighted by molar-refractivity contribution is 0.293. The van der Waals surface area contributed by atoms with Gasteiger partial charge in [0.25, 0.3) is 0 Å². The van der Waals surface area contributed by atoms with Gasteiger partial charge in [-0.2, -0.15) is 0 Å². The molecule has 1 fully saturated rings. The molecule has 0 spiro atoms. The number of benzene rings is 1. The third-order valence-electron chi connectivity index (χ3n) is 4.16. The average Bonchev–Trinajstić information content (AvgIpc) is 2.39. The van der Waals surface area contributed by atoms with Crippen LogP contribution in [0.4, 0.5) is 5.69 Å². The molecule has 1 aromatic carbocycles. The molecule has 0 aliphatic carbocycles. The Morgan fingerprint density at radius 1 is 1.33 bits per heavy atom. The number of hydrogen-bond donors (Lipinski definition) is 1. The van der Waals surface area contributed by atoms with Gasteiger partial charge >= 0.3 is 0 Å². The first kappa shape index (κ1) is 16.6. The molecular formula is C18H29ClN2. The number of hydrogen-bond acceptors (Lipinski definition) is 2. The van der Waals surface area contributed by atoms with Gasteiger partial charge in [0, 0.05) is 30.3 Å². The van der Waals surface area contributed by atoms with Crippen molar-refractivity contribution in [2.24, 2.45) is 11.3 Å². The second kappa shape index (κ2) is 7.02. The smallest absolute Gasteiger partial charge is 0.0426 e. The molecule has 2 rings (SSSR count). The number of piperidine rings is 1. The van der Waals surface area contributed by atoms with Crippen LogP contribution in [0.5, 0.6) is 0 Å². The van der Waals surface area contributed by atoms with E-state index >= 15 is 0 Å². The summed E-state index contributed by atoms with van der Waals surface area (Å²) in [4.78, 5) is 2.52. The average molecular weight is 309 g/mol. The third kappa shape index (κ3) is 4.89. The van der Waals surface area contributed by atoms with E-state index in [1.807, 2.05) is 6.07 Å². The van der Waals surface area contributed by atoms with E-state index in [1.165, 1.54) is 24.1 Å². The Morgan fingerprint density at radius 2 is 2.10 bits per heavy atom. The van der Waals surface area contributed by atoms with Crippen molar-refractivity contribution < 1.29 is 0 Å². The summed E-state index contributed by atoms with van der Waals surface area (Å²) >= 11 is 6.24. The summed E-state index contributed by atoms with van der Waals surface area (Å²) in [7, 11) is 0. The standard InChI is InChI=1S/C18H29ClN2/c1-14(2)11-20-12-15-6-7-16(19)10-17(15)21-9-5-8-18(3,4)13-21/h6-7,10,14,20H,5,8-9,11-13H2,1-4H3. The Bertz CT molecular complexity index is 468. The van der Waals surface area contributed by atoms with E-state index in [-0.39, 0.29) is 0 Å². The van der Waals surface area contributed by atoms with E-state index in [4.69, 9.17) is 11.6 Å². The van der Waals surface area contributed by atoms with Crippen LogP contribution in [0, 0.1) is 11.3 Å². The number of nitrogens with zero attached hydrogens (tertiary/aromatic N) is 1. The highest BCUT2D eigenvalue weighted by molar-refractivity contribution is 6.30. The highest BCUT2D eigenvalue weighted by Crippen LogP contribution is 2.34. The Kier molecular flexibility index (Phi) is 5.56. The van der Waals surface area contributed by atoms with E-state index in [2.05, 4.69) is 50.0 Å². The molecule has 0 atom stereocenters. The van der Waals surface area contributed by atoms with Crippen molar-refractivity contribution in [2.75, 3.05) is 24.5 Å². The lowest BCUT2D eigenvalue weighted by Crippen LogP contribution is -2.40. The molecule has 1 saturated heterocycles. The van der Waals surface area contributed by atoms with Gasteiger partial charge in [0.2, 0.25) is 0 Å². The van der Waals surface area contributed by atoms with Crippen LogP contribution in [0.15, 0.2) is 18.2 Å². The number of anilines is 1. The molecule has 0 aromatic heterocycles. The fourth-order valence-electron chi connectivity index (χ4n) is 3.11. The largest absolute Gasteiger partial charge is 0.371 e. The first-order valence-electron chi connectivity index (χ1n) is 8.11. The van der Waals surface area contributed by atoms with Crippen LogP contribution in [0.25, 0.3) is 0 Å². The molecule has 2 nitrogen and oxygen atoms in total. The van der Waals surface area contributed by atoms with E-state index in [1.54, 1.807) is 0 Å². The van der Waals surface area contributed by atoms with E-state index < -0.39 is 0 Å². The summed E-state index contributed by atoms with van der Waals surface area (Å²) in [5, 5.41) is 4.39. The first-order chi connectivity index (χ1) is 9.87. The zero-order valence-corrected chi connectivity index (χ0v) is 14.6. The van der Waals surface area contributed by atoms with Crippen LogP contribution in [-0.4, -0.2) is 19.6 Å². The molecule has 1 heterocycles. The van der Waals surface area contributed by atoms with Gasteiger partial charge in [0.1, 0.15) is 0 Å². The Hall–Kier alpha value is -0.730. The van der Waals surface area contributed by atoms with Crippen molar-refractivity contribution in [3.63, 3.8) is 0 Å². The lowest BCUT2D eigenvalue weighted by Gasteiger charge is -2.40. The summed E-state index contributed by atoms with van der Waals surface area (Å²) in [5.74, 6) is 0.676. The number of halogens is 1. The first-order valence-corrected chi connectivity index (χ1v) is 8.49. The molecular weight excluding hydrogens is 280 g/mol. The fourth-order valence-corrected chi connectivity index (χ4v) is 3.27. The quantitative estimate of drug-likeness (QED) is 0.847. The molecule has 0 saturated carbocycles. The molecule has 1 aromatic rings. The van der Waals surface area contributed by atoms with Gasteiger partial charge < -0.3 is 10.2 Å². The van der Waals surface area contributed by atoms with Crippen LogP contribution < -0.4 is 10.2 Å². The molecule has 0 radical (unpaired) electrons. The minimum atomic E-state index is 0.392. The van der Waals surface area contributed by atoms with Crippen molar-refractivity contribution in [3.05, 3.63) is 28.8 Å². The molecule has 1 N–H and O–H groups in total. The second-order valence-corrected chi connectivity index (χ2v) is 7.92. The van der Waals surface area contributed by atoms with Crippen LogP contribution in [0.3, 0.4) is 0 Å². The minimum Gasteiger partial charge on any atom is -0.371 e. The molecule has 0 bridgehead atoms. The highest BCUT2D eigenvalue weighted by Gasteiger charge is 2.27. The van der Waals surface area contributed by atoms with Crippen LogP contribution in [0.1, 0.15) is 46.1 Å². The molecule has 21 heavy (non-hydrogen) atoms. The summed E-state index contributed by atoms with van der Waals surface area (Å²) in [6.07, 6.45) is 2.57. The molecule has 0 unspecified atom stereocenters. The summed E-state index contributed by atoms with van der Waals surface area (Å²) in [5.41, 5.74) is 3.06. The zero-order valence-electron chi connectivity index (χ0n) is 13.9. The van der Waals surface area contributed by atoms with Gasteiger partial charge in [-0.15, -0.1) is 0 Å². The monoisotopic (exact) mass is 308 g/mol. The van der Waals surface area contributed by atoms with E-state index in [0.29, 0.717) is 11.3 Å². The van der Waals surface area contributed by atoms with E-state index in [0.717, 1.165) is 31.2 Å².